The Hall–Kier alpha value is -0.710. The molecule has 1 unspecified atom stereocenters. The van der Waals surface area contributed by atoms with Gasteiger partial charge in [-0.2, -0.15) is 0 Å². The van der Waals surface area contributed by atoms with Gasteiger partial charge in [-0.1, -0.05) is 44.0 Å². The van der Waals surface area contributed by atoms with Crippen molar-refractivity contribution in [2.24, 2.45) is 0 Å². The molecule has 1 atom stereocenters. The summed E-state index contributed by atoms with van der Waals surface area (Å²) in [6.07, 6.45) is -0.263. The molecule has 2 aromatic carbocycles. The Morgan fingerprint density at radius 3 is 2.33 bits per heavy atom. The lowest BCUT2D eigenvalue weighted by atomic mass is 10.0. The minimum Gasteiger partial charge on any atom is -0.388 e. The van der Waals surface area contributed by atoms with Crippen molar-refractivity contribution < 1.29 is 9.50 Å². The highest BCUT2D eigenvalue weighted by Crippen LogP contribution is 2.26. The summed E-state index contributed by atoms with van der Waals surface area (Å²) in [5, 5.41) is 10.1. The molecule has 0 aliphatic rings. The zero-order chi connectivity index (χ0) is 13.1. The van der Waals surface area contributed by atoms with E-state index >= 15 is 0 Å². The molecule has 0 aliphatic carbocycles. The molecule has 0 aromatic heterocycles. The average molecular weight is 374 g/mol. The molecule has 1 N–H and O–H groups in total. The van der Waals surface area contributed by atoms with Crippen molar-refractivity contribution in [1.29, 1.82) is 0 Å². The van der Waals surface area contributed by atoms with E-state index in [0.29, 0.717) is 6.42 Å². The molecule has 94 valence electrons. The first kappa shape index (κ1) is 13.7. The Morgan fingerprint density at radius 1 is 1.06 bits per heavy atom. The Balaban J connectivity index is 2.19. The summed E-state index contributed by atoms with van der Waals surface area (Å²) in [6, 6.07) is 11.9. The highest BCUT2D eigenvalue weighted by molar-refractivity contribution is 9.11. The first-order valence-corrected chi connectivity index (χ1v) is 7.02. The lowest BCUT2D eigenvalue weighted by molar-refractivity contribution is 0.178. The summed E-state index contributed by atoms with van der Waals surface area (Å²) in [5.74, 6) is -0.282. The summed E-state index contributed by atoms with van der Waals surface area (Å²) in [4.78, 5) is 0. The first-order chi connectivity index (χ1) is 8.54. The van der Waals surface area contributed by atoms with Crippen LogP contribution >= 0.6 is 31.9 Å². The van der Waals surface area contributed by atoms with Gasteiger partial charge in [0.25, 0.3) is 0 Å². The SMILES string of the molecule is OC(Cc1cccc(F)c1)c1cc(Br)cc(Br)c1. The zero-order valence-corrected chi connectivity index (χ0v) is 12.6. The van der Waals surface area contributed by atoms with Crippen LogP contribution in [-0.4, -0.2) is 5.11 Å². The predicted octanol–water partition coefficient (Wildman–Crippen LogP) is 4.63. The van der Waals surface area contributed by atoms with Crippen LogP contribution in [0.15, 0.2) is 51.4 Å². The van der Waals surface area contributed by atoms with Crippen LogP contribution in [0.4, 0.5) is 4.39 Å². The number of rotatable bonds is 3. The van der Waals surface area contributed by atoms with Gasteiger partial charge in [-0.15, -0.1) is 0 Å². The molecule has 1 nitrogen and oxygen atoms in total. The van der Waals surface area contributed by atoms with E-state index in [1.54, 1.807) is 12.1 Å². The van der Waals surface area contributed by atoms with Crippen LogP contribution < -0.4 is 0 Å². The Morgan fingerprint density at radius 2 is 1.72 bits per heavy atom. The van der Waals surface area contributed by atoms with E-state index in [1.807, 2.05) is 18.2 Å². The van der Waals surface area contributed by atoms with Gasteiger partial charge in [0.05, 0.1) is 6.10 Å². The van der Waals surface area contributed by atoms with E-state index in [-0.39, 0.29) is 5.82 Å². The molecule has 0 amide bonds. The molecule has 0 radical (unpaired) electrons. The molecular weight excluding hydrogens is 363 g/mol. The molecule has 0 fully saturated rings. The van der Waals surface area contributed by atoms with Crippen molar-refractivity contribution >= 4 is 31.9 Å². The number of benzene rings is 2. The Kier molecular flexibility index (Phi) is 4.54. The first-order valence-electron chi connectivity index (χ1n) is 5.43. The standard InChI is InChI=1S/C14H11Br2FO/c15-11-6-10(7-12(16)8-11)14(18)5-9-2-1-3-13(17)4-9/h1-4,6-8,14,18H,5H2. The van der Waals surface area contributed by atoms with Crippen molar-refractivity contribution in [2.75, 3.05) is 0 Å². The second kappa shape index (κ2) is 5.95. The van der Waals surface area contributed by atoms with Gasteiger partial charge >= 0.3 is 0 Å². The number of halogens is 3. The molecule has 0 saturated carbocycles. The fourth-order valence-electron chi connectivity index (χ4n) is 1.77. The van der Waals surface area contributed by atoms with Gasteiger partial charge in [-0.25, -0.2) is 4.39 Å². The quantitative estimate of drug-likeness (QED) is 0.831. The van der Waals surface area contributed by atoms with E-state index in [9.17, 15) is 9.50 Å². The molecule has 4 heteroatoms. The summed E-state index contributed by atoms with van der Waals surface area (Å²) >= 11 is 6.75. The molecule has 0 aliphatic heterocycles. The van der Waals surface area contributed by atoms with Gasteiger partial charge in [0, 0.05) is 15.4 Å². The number of hydrogen-bond donors (Lipinski definition) is 1. The van der Waals surface area contributed by atoms with Crippen LogP contribution in [0.3, 0.4) is 0 Å². The summed E-state index contributed by atoms with van der Waals surface area (Å²) in [6.45, 7) is 0. The minimum absolute atomic E-state index is 0.282. The van der Waals surface area contributed by atoms with Crippen LogP contribution in [0.25, 0.3) is 0 Å². The maximum absolute atomic E-state index is 13.1. The number of aliphatic hydroxyl groups is 1. The monoisotopic (exact) mass is 372 g/mol. The maximum atomic E-state index is 13.1. The minimum atomic E-state index is -0.652. The average Bonchev–Trinajstić information content (AvgIpc) is 2.27. The largest absolute Gasteiger partial charge is 0.388 e. The normalized spacial score (nSPS) is 12.4. The number of hydrogen-bond acceptors (Lipinski definition) is 1. The molecule has 2 rings (SSSR count). The third-order valence-electron chi connectivity index (χ3n) is 2.59. The number of aliphatic hydroxyl groups excluding tert-OH is 1. The van der Waals surface area contributed by atoms with Crippen molar-refractivity contribution in [3.05, 3.63) is 68.4 Å². The van der Waals surface area contributed by atoms with Gasteiger partial charge < -0.3 is 5.11 Å². The maximum Gasteiger partial charge on any atom is 0.123 e. The van der Waals surface area contributed by atoms with E-state index in [2.05, 4.69) is 31.9 Å². The highest BCUT2D eigenvalue weighted by Gasteiger charge is 2.10. The van der Waals surface area contributed by atoms with Crippen LogP contribution in [-0.2, 0) is 6.42 Å². The molecule has 2 aromatic rings. The summed E-state index contributed by atoms with van der Waals surface area (Å²) < 4.78 is 14.8. The van der Waals surface area contributed by atoms with Crippen LogP contribution in [0.5, 0.6) is 0 Å². The Bertz CT molecular complexity index is 537. The summed E-state index contributed by atoms with van der Waals surface area (Å²) in [7, 11) is 0. The molecule has 18 heavy (non-hydrogen) atoms. The third kappa shape index (κ3) is 3.64. The van der Waals surface area contributed by atoms with Gasteiger partial charge in [-0.05, 0) is 41.5 Å². The highest BCUT2D eigenvalue weighted by atomic mass is 79.9. The van der Waals surface area contributed by atoms with Crippen molar-refractivity contribution in [3.8, 4) is 0 Å². The lowest BCUT2D eigenvalue weighted by Gasteiger charge is -2.12. The second-order valence-corrected chi connectivity index (χ2v) is 5.88. The lowest BCUT2D eigenvalue weighted by Crippen LogP contribution is -2.02. The molecular formula is C14H11Br2FO. The van der Waals surface area contributed by atoms with Crippen LogP contribution in [0, 0.1) is 5.82 Å². The van der Waals surface area contributed by atoms with E-state index in [4.69, 9.17) is 0 Å². The molecule has 0 heterocycles. The van der Waals surface area contributed by atoms with Crippen molar-refractivity contribution in [2.45, 2.75) is 12.5 Å². The molecule has 0 spiro atoms. The van der Waals surface area contributed by atoms with Crippen molar-refractivity contribution in [1.82, 2.24) is 0 Å². The zero-order valence-electron chi connectivity index (χ0n) is 9.41. The van der Waals surface area contributed by atoms with Gasteiger partial charge in [0.1, 0.15) is 5.82 Å². The summed E-state index contributed by atoms with van der Waals surface area (Å²) in [5.41, 5.74) is 1.57. The van der Waals surface area contributed by atoms with Gasteiger partial charge in [-0.3, -0.25) is 0 Å². The molecule has 0 saturated heterocycles. The van der Waals surface area contributed by atoms with E-state index < -0.39 is 6.10 Å². The second-order valence-electron chi connectivity index (χ2n) is 4.05. The third-order valence-corrected chi connectivity index (χ3v) is 3.50. The predicted molar refractivity (Wildman–Crippen MR) is 76.9 cm³/mol. The fraction of sp³-hybridized carbons (Fsp3) is 0.143. The molecule has 0 bridgehead atoms. The topological polar surface area (TPSA) is 20.2 Å². The Labute approximate surface area is 122 Å². The van der Waals surface area contributed by atoms with E-state index in [0.717, 1.165) is 20.1 Å². The van der Waals surface area contributed by atoms with E-state index in [1.165, 1.54) is 12.1 Å². The van der Waals surface area contributed by atoms with Gasteiger partial charge in [0.15, 0.2) is 0 Å². The smallest absolute Gasteiger partial charge is 0.123 e. The fourth-order valence-corrected chi connectivity index (χ4v) is 3.10. The van der Waals surface area contributed by atoms with Crippen LogP contribution in [0.1, 0.15) is 17.2 Å². The van der Waals surface area contributed by atoms with Crippen LogP contribution in [0.2, 0.25) is 0 Å². The van der Waals surface area contributed by atoms with Gasteiger partial charge in [0.2, 0.25) is 0 Å². The van der Waals surface area contributed by atoms with Crippen molar-refractivity contribution in [3.63, 3.8) is 0 Å².